The number of benzene rings is 2. The van der Waals surface area contributed by atoms with Gasteiger partial charge in [-0.1, -0.05) is 22.5 Å². The molecule has 2 aromatic heterocycles. The first-order valence-electron chi connectivity index (χ1n) is 8.04. The third-order valence-corrected chi connectivity index (χ3v) is 4.00. The van der Waals surface area contributed by atoms with Gasteiger partial charge in [0.15, 0.2) is 11.5 Å². The molecule has 0 bridgehead atoms. The molecule has 0 amide bonds. The third-order valence-electron chi connectivity index (χ3n) is 4.00. The second-order valence-electron chi connectivity index (χ2n) is 5.56. The molecular formula is C18H16N6O3. The van der Waals surface area contributed by atoms with Crippen molar-refractivity contribution >= 4 is 5.82 Å². The summed E-state index contributed by atoms with van der Waals surface area (Å²) in [4.78, 5) is 4.37. The molecule has 4 aromatic rings. The molecule has 9 nitrogen and oxygen atoms in total. The van der Waals surface area contributed by atoms with E-state index in [1.807, 2.05) is 48.5 Å². The van der Waals surface area contributed by atoms with E-state index in [1.54, 1.807) is 14.2 Å². The van der Waals surface area contributed by atoms with Gasteiger partial charge in [0.25, 0.3) is 5.89 Å². The molecule has 0 atom stereocenters. The average molecular weight is 364 g/mol. The molecule has 0 saturated heterocycles. The highest BCUT2D eigenvalue weighted by Crippen LogP contribution is 2.29. The molecule has 0 aliphatic rings. The van der Waals surface area contributed by atoms with Crippen LogP contribution in [-0.4, -0.2) is 39.4 Å². The summed E-state index contributed by atoms with van der Waals surface area (Å²) in [7, 11) is 3.18. The van der Waals surface area contributed by atoms with Gasteiger partial charge in [-0.3, -0.25) is 0 Å². The molecule has 136 valence electrons. The van der Waals surface area contributed by atoms with E-state index < -0.39 is 0 Å². The Morgan fingerprint density at radius 3 is 2.52 bits per heavy atom. The van der Waals surface area contributed by atoms with Gasteiger partial charge in [0, 0.05) is 5.56 Å². The van der Waals surface area contributed by atoms with E-state index in [2.05, 4.69) is 20.5 Å². The number of rotatable bonds is 5. The Balaban J connectivity index is 1.69. The summed E-state index contributed by atoms with van der Waals surface area (Å²) in [5.41, 5.74) is 7.95. The number of nitrogens with zero attached hydrogens (tertiary/aromatic N) is 5. The first kappa shape index (κ1) is 16.6. The number of ether oxygens (including phenoxy) is 2. The highest BCUT2D eigenvalue weighted by atomic mass is 16.5. The summed E-state index contributed by atoms with van der Waals surface area (Å²) < 4.78 is 17.3. The zero-order valence-corrected chi connectivity index (χ0v) is 14.7. The summed E-state index contributed by atoms with van der Waals surface area (Å²) in [6.45, 7) is 0. The van der Waals surface area contributed by atoms with Crippen LogP contribution < -0.4 is 15.2 Å². The summed E-state index contributed by atoms with van der Waals surface area (Å²) in [5.74, 6) is 2.22. The number of methoxy groups -OCH3 is 2. The second-order valence-corrected chi connectivity index (χ2v) is 5.56. The molecule has 2 N–H and O–H groups in total. The van der Waals surface area contributed by atoms with Crippen LogP contribution >= 0.6 is 0 Å². The SMILES string of the molecule is COc1ccc(-c2noc(-c3nnn(-c4ccccc4OC)c3N)n2)cc1. The Hall–Kier alpha value is -3.88. The molecule has 0 aliphatic heterocycles. The Kier molecular flexibility index (Phi) is 4.17. The number of para-hydroxylation sites is 2. The highest BCUT2D eigenvalue weighted by molar-refractivity contribution is 5.67. The minimum atomic E-state index is 0.180. The van der Waals surface area contributed by atoms with E-state index in [-0.39, 0.29) is 11.7 Å². The van der Waals surface area contributed by atoms with Crippen molar-refractivity contribution in [3.63, 3.8) is 0 Å². The van der Waals surface area contributed by atoms with E-state index >= 15 is 0 Å². The van der Waals surface area contributed by atoms with E-state index in [9.17, 15) is 0 Å². The smallest absolute Gasteiger partial charge is 0.282 e. The fraction of sp³-hybridized carbons (Fsp3) is 0.111. The number of hydrogen-bond acceptors (Lipinski definition) is 8. The molecule has 0 spiro atoms. The Morgan fingerprint density at radius 2 is 1.78 bits per heavy atom. The molecule has 0 radical (unpaired) electrons. The summed E-state index contributed by atoms with van der Waals surface area (Å²) >= 11 is 0. The van der Waals surface area contributed by atoms with Crippen LogP contribution in [0, 0.1) is 0 Å². The maximum Gasteiger partial charge on any atom is 0.282 e. The number of nitrogen functional groups attached to an aromatic ring is 1. The first-order chi connectivity index (χ1) is 13.2. The first-order valence-corrected chi connectivity index (χ1v) is 8.04. The average Bonchev–Trinajstić information content (AvgIpc) is 3.34. The second kappa shape index (κ2) is 6.79. The van der Waals surface area contributed by atoms with Crippen molar-refractivity contribution in [2.75, 3.05) is 20.0 Å². The zero-order chi connectivity index (χ0) is 18.8. The fourth-order valence-electron chi connectivity index (χ4n) is 2.60. The number of aromatic nitrogens is 5. The quantitative estimate of drug-likeness (QED) is 0.575. The molecule has 0 saturated carbocycles. The maximum absolute atomic E-state index is 6.21. The van der Waals surface area contributed by atoms with Crippen LogP contribution in [0.5, 0.6) is 11.5 Å². The minimum Gasteiger partial charge on any atom is -0.497 e. The monoisotopic (exact) mass is 364 g/mol. The van der Waals surface area contributed by atoms with Crippen molar-refractivity contribution in [2.45, 2.75) is 0 Å². The summed E-state index contributed by atoms with van der Waals surface area (Å²) in [6.07, 6.45) is 0. The van der Waals surface area contributed by atoms with Crippen LogP contribution in [0.3, 0.4) is 0 Å². The predicted molar refractivity (Wildman–Crippen MR) is 97.6 cm³/mol. The number of anilines is 1. The topological polar surface area (TPSA) is 114 Å². The maximum atomic E-state index is 6.21. The fourth-order valence-corrected chi connectivity index (χ4v) is 2.60. The van der Waals surface area contributed by atoms with Crippen molar-refractivity contribution in [1.29, 1.82) is 0 Å². The van der Waals surface area contributed by atoms with Crippen LogP contribution in [-0.2, 0) is 0 Å². The molecular weight excluding hydrogens is 348 g/mol. The largest absolute Gasteiger partial charge is 0.497 e. The van der Waals surface area contributed by atoms with Gasteiger partial charge in [-0.25, -0.2) is 0 Å². The summed E-state index contributed by atoms with van der Waals surface area (Å²) in [6, 6.07) is 14.7. The van der Waals surface area contributed by atoms with E-state index in [0.717, 1.165) is 11.3 Å². The summed E-state index contributed by atoms with van der Waals surface area (Å²) in [5, 5.41) is 12.2. The molecule has 4 rings (SSSR count). The van der Waals surface area contributed by atoms with Crippen molar-refractivity contribution < 1.29 is 14.0 Å². The van der Waals surface area contributed by atoms with Crippen LogP contribution in [0.1, 0.15) is 0 Å². The van der Waals surface area contributed by atoms with Crippen LogP contribution in [0.2, 0.25) is 0 Å². The standard InChI is InChI=1S/C18H16N6O3/c1-25-12-9-7-11(8-10-12)17-20-18(27-22-17)15-16(19)24(23-21-15)13-5-3-4-6-14(13)26-2/h3-10H,19H2,1-2H3. The Labute approximate surface area is 154 Å². The molecule has 27 heavy (non-hydrogen) atoms. The number of hydrogen-bond donors (Lipinski definition) is 1. The van der Waals surface area contributed by atoms with Crippen LogP contribution in [0.15, 0.2) is 53.1 Å². The highest BCUT2D eigenvalue weighted by Gasteiger charge is 2.21. The lowest BCUT2D eigenvalue weighted by Gasteiger charge is -2.08. The third kappa shape index (κ3) is 2.95. The van der Waals surface area contributed by atoms with Gasteiger partial charge in [-0.2, -0.15) is 9.67 Å². The van der Waals surface area contributed by atoms with Crippen LogP contribution in [0.25, 0.3) is 28.7 Å². The van der Waals surface area contributed by atoms with Crippen LogP contribution in [0.4, 0.5) is 5.82 Å². The molecule has 2 aromatic carbocycles. The van der Waals surface area contributed by atoms with Crippen molar-refractivity contribution in [2.24, 2.45) is 0 Å². The van der Waals surface area contributed by atoms with Crippen molar-refractivity contribution in [3.8, 4) is 40.2 Å². The van der Waals surface area contributed by atoms with Crippen molar-refractivity contribution in [1.82, 2.24) is 25.1 Å². The van der Waals surface area contributed by atoms with E-state index in [1.165, 1.54) is 4.68 Å². The number of nitrogens with two attached hydrogens (primary N) is 1. The normalized spacial score (nSPS) is 10.7. The molecule has 9 heteroatoms. The molecule has 0 unspecified atom stereocenters. The van der Waals surface area contributed by atoms with E-state index in [4.69, 9.17) is 19.7 Å². The van der Waals surface area contributed by atoms with Gasteiger partial charge in [-0.05, 0) is 36.4 Å². The Bertz CT molecular complexity index is 1070. The van der Waals surface area contributed by atoms with Gasteiger partial charge in [-0.15, -0.1) is 5.10 Å². The lowest BCUT2D eigenvalue weighted by Crippen LogP contribution is -2.04. The molecule has 2 heterocycles. The van der Waals surface area contributed by atoms with Gasteiger partial charge >= 0.3 is 0 Å². The van der Waals surface area contributed by atoms with Gasteiger partial charge in [0.2, 0.25) is 5.82 Å². The molecule has 0 fully saturated rings. The lowest BCUT2D eigenvalue weighted by atomic mass is 10.2. The molecule has 0 aliphatic carbocycles. The van der Waals surface area contributed by atoms with Crippen molar-refractivity contribution in [3.05, 3.63) is 48.5 Å². The van der Waals surface area contributed by atoms with Gasteiger partial charge in [0.1, 0.15) is 17.2 Å². The van der Waals surface area contributed by atoms with E-state index in [0.29, 0.717) is 23.0 Å². The predicted octanol–water partition coefficient (Wildman–Crippen LogP) is 2.58. The van der Waals surface area contributed by atoms with Gasteiger partial charge in [0.05, 0.1) is 14.2 Å². The Morgan fingerprint density at radius 1 is 1.00 bits per heavy atom. The van der Waals surface area contributed by atoms with Gasteiger partial charge < -0.3 is 19.7 Å². The lowest BCUT2D eigenvalue weighted by molar-refractivity contribution is 0.411. The minimum absolute atomic E-state index is 0.180. The zero-order valence-electron chi connectivity index (χ0n) is 14.7.